The summed E-state index contributed by atoms with van der Waals surface area (Å²) in [6.45, 7) is 3.53. The number of carbonyl (C=O) groups is 1. The van der Waals surface area contributed by atoms with Crippen molar-refractivity contribution in [1.29, 1.82) is 0 Å². The van der Waals surface area contributed by atoms with Crippen LogP contribution >= 0.6 is 0 Å². The van der Waals surface area contributed by atoms with Gasteiger partial charge in [-0.3, -0.25) is 4.79 Å². The third-order valence-electron chi connectivity index (χ3n) is 5.19. The number of piperidine rings is 1. The van der Waals surface area contributed by atoms with Gasteiger partial charge in [-0.1, -0.05) is 17.7 Å². The van der Waals surface area contributed by atoms with Crippen molar-refractivity contribution in [3.8, 4) is 0 Å². The fraction of sp³-hybridized carbons (Fsp3) is 0.261. The summed E-state index contributed by atoms with van der Waals surface area (Å²) in [6, 6.07) is 15.7. The topological polar surface area (TPSA) is 70.2 Å². The fourth-order valence-corrected chi connectivity index (χ4v) is 3.45. The minimum atomic E-state index is -0.277. The van der Waals surface area contributed by atoms with Crippen molar-refractivity contribution in [2.24, 2.45) is 0 Å². The second-order valence-electron chi connectivity index (χ2n) is 7.47. The Morgan fingerprint density at radius 3 is 2.43 bits per heavy atom. The lowest BCUT2D eigenvalue weighted by atomic mass is 10.0. The van der Waals surface area contributed by atoms with Crippen LogP contribution in [0.3, 0.4) is 0 Å². The number of benzene rings is 2. The Morgan fingerprint density at radius 1 is 1.03 bits per heavy atom. The first-order valence-electron chi connectivity index (χ1n) is 10.0. The molecule has 30 heavy (non-hydrogen) atoms. The molecular formula is C23H24FN5O. The quantitative estimate of drug-likeness (QED) is 0.670. The lowest BCUT2D eigenvalue weighted by Gasteiger charge is -2.32. The zero-order valence-electron chi connectivity index (χ0n) is 16.8. The maximum Gasteiger partial charge on any atom is 0.251 e. The molecule has 6 nitrogen and oxygen atoms in total. The van der Waals surface area contributed by atoms with Gasteiger partial charge in [-0.15, -0.1) is 0 Å². The molecule has 0 unspecified atom stereocenters. The van der Waals surface area contributed by atoms with Gasteiger partial charge in [0.25, 0.3) is 5.91 Å². The van der Waals surface area contributed by atoms with Crippen LogP contribution in [0.25, 0.3) is 0 Å². The lowest BCUT2D eigenvalue weighted by Crippen LogP contribution is -2.45. The molecule has 3 aromatic rings. The highest BCUT2D eigenvalue weighted by Crippen LogP contribution is 2.20. The molecule has 2 aromatic carbocycles. The van der Waals surface area contributed by atoms with E-state index >= 15 is 0 Å². The number of hydrogen-bond donors (Lipinski definition) is 2. The van der Waals surface area contributed by atoms with E-state index < -0.39 is 0 Å². The van der Waals surface area contributed by atoms with Gasteiger partial charge in [-0.05, 0) is 62.2 Å². The van der Waals surface area contributed by atoms with Crippen molar-refractivity contribution < 1.29 is 9.18 Å². The summed E-state index contributed by atoms with van der Waals surface area (Å²) in [6.07, 6.45) is 3.37. The number of nitrogens with zero attached hydrogens (tertiary/aromatic N) is 3. The third kappa shape index (κ3) is 4.92. The number of rotatable bonds is 5. The SMILES string of the molecule is Cc1ccc(C(=O)NC2CCN(c3nccc(Nc4ccc(F)cc4)n3)CC2)cc1. The summed E-state index contributed by atoms with van der Waals surface area (Å²) in [7, 11) is 0. The summed E-state index contributed by atoms with van der Waals surface area (Å²) in [5, 5.41) is 6.29. The predicted molar refractivity (Wildman–Crippen MR) is 116 cm³/mol. The molecule has 1 aliphatic heterocycles. The van der Waals surface area contributed by atoms with Gasteiger partial charge in [0, 0.05) is 36.6 Å². The van der Waals surface area contributed by atoms with Gasteiger partial charge in [-0.25, -0.2) is 9.37 Å². The molecule has 2 N–H and O–H groups in total. The van der Waals surface area contributed by atoms with Crippen molar-refractivity contribution in [2.75, 3.05) is 23.3 Å². The number of aromatic nitrogens is 2. The first kappa shape index (κ1) is 19.8. The summed E-state index contributed by atoms with van der Waals surface area (Å²) in [4.78, 5) is 23.5. The molecule has 0 atom stereocenters. The molecule has 7 heteroatoms. The molecule has 1 fully saturated rings. The minimum Gasteiger partial charge on any atom is -0.349 e. The van der Waals surface area contributed by atoms with Crippen molar-refractivity contribution in [1.82, 2.24) is 15.3 Å². The Balaban J connectivity index is 1.33. The van der Waals surface area contributed by atoms with E-state index in [1.807, 2.05) is 31.2 Å². The summed E-state index contributed by atoms with van der Waals surface area (Å²) in [5.41, 5.74) is 2.58. The zero-order valence-corrected chi connectivity index (χ0v) is 16.8. The Hall–Kier alpha value is -3.48. The van der Waals surface area contributed by atoms with Crippen LogP contribution in [0.5, 0.6) is 0 Å². The lowest BCUT2D eigenvalue weighted by molar-refractivity contribution is 0.0931. The zero-order chi connectivity index (χ0) is 20.9. The Labute approximate surface area is 175 Å². The number of halogens is 1. The molecule has 4 rings (SSSR count). The number of carbonyl (C=O) groups excluding carboxylic acids is 1. The van der Waals surface area contributed by atoms with Crippen LogP contribution < -0.4 is 15.5 Å². The summed E-state index contributed by atoms with van der Waals surface area (Å²) in [5.74, 6) is 0.989. The second-order valence-corrected chi connectivity index (χ2v) is 7.47. The predicted octanol–water partition coefficient (Wildman–Crippen LogP) is 4.07. The van der Waals surface area contributed by atoms with Gasteiger partial charge >= 0.3 is 0 Å². The first-order valence-corrected chi connectivity index (χ1v) is 10.0. The number of hydrogen-bond acceptors (Lipinski definition) is 5. The molecule has 1 aromatic heterocycles. The molecule has 0 saturated carbocycles. The van der Waals surface area contributed by atoms with Gasteiger partial charge in [-0.2, -0.15) is 4.98 Å². The van der Waals surface area contributed by atoms with Gasteiger partial charge < -0.3 is 15.5 Å². The number of nitrogens with one attached hydrogen (secondary N) is 2. The molecular weight excluding hydrogens is 381 g/mol. The maximum atomic E-state index is 13.1. The van der Waals surface area contributed by atoms with Crippen LogP contribution in [-0.4, -0.2) is 35.0 Å². The van der Waals surface area contributed by atoms with E-state index in [1.165, 1.54) is 12.1 Å². The average Bonchev–Trinajstić information content (AvgIpc) is 2.76. The maximum absolute atomic E-state index is 13.1. The minimum absolute atomic E-state index is 0.0322. The Morgan fingerprint density at radius 2 is 1.73 bits per heavy atom. The van der Waals surface area contributed by atoms with Gasteiger partial charge in [0.2, 0.25) is 5.95 Å². The van der Waals surface area contributed by atoms with Crippen molar-refractivity contribution in [3.63, 3.8) is 0 Å². The van der Waals surface area contributed by atoms with E-state index in [-0.39, 0.29) is 17.8 Å². The van der Waals surface area contributed by atoms with Gasteiger partial charge in [0.1, 0.15) is 11.6 Å². The molecule has 0 spiro atoms. The van der Waals surface area contributed by atoms with Crippen LogP contribution in [0.4, 0.5) is 21.8 Å². The smallest absolute Gasteiger partial charge is 0.251 e. The number of amides is 1. The first-order chi connectivity index (χ1) is 14.6. The molecule has 1 amide bonds. The Bertz CT molecular complexity index is 999. The van der Waals surface area contributed by atoms with Crippen molar-refractivity contribution >= 4 is 23.4 Å². The standard InChI is InChI=1S/C23H24FN5O/c1-16-2-4-17(5-3-16)22(30)27-20-11-14-29(15-12-20)23-25-13-10-21(28-23)26-19-8-6-18(24)7-9-19/h2-10,13,20H,11-12,14-15H2,1H3,(H,27,30)(H,25,26,28). The molecule has 1 aliphatic rings. The molecule has 2 heterocycles. The van der Waals surface area contributed by atoms with Crippen molar-refractivity contribution in [2.45, 2.75) is 25.8 Å². The third-order valence-corrected chi connectivity index (χ3v) is 5.19. The average molecular weight is 405 g/mol. The molecule has 0 radical (unpaired) electrons. The van der Waals surface area contributed by atoms with E-state index in [1.54, 1.807) is 24.4 Å². The molecule has 1 saturated heterocycles. The van der Waals surface area contributed by atoms with Crippen LogP contribution in [0.2, 0.25) is 0 Å². The molecule has 0 aliphatic carbocycles. The normalized spacial score (nSPS) is 14.4. The Kier molecular flexibility index (Phi) is 5.88. The van der Waals surface area contributed by atoms with Crippen molar-refractivity contribution in [3.05, 3.63) is 77.7 Å². The monoisotopic (exact) mass is 405 g/mol. The van der Waals surface area contributed by atoms with Crippen LogP contribution in [0.15, 0.2) is 60.8 Å². The van der Waals surface area contributed by atoms with Gasteiger partial charge in [0.05, 0.1) is 0 Å². The highest BCUT2D eigenvalue weighted by Gasteiger charge is 2.22. The second kappa shape index (κ2) is 8.90. The fourth-order valence-electron chi connectivity index (χ4n) is 3.45. The summed E-state index contributed by atoms with van der Waals surface area (Å²) < 4.78 is 13.1. The van der Waals surface area contributed by atoms with E-state index in [0.29, 0.717) is 17.3 Å². The largest absolute Gasteiger partial charge is 0.349 e. The summed E-state index contributed by atoms with van der Waals surface area (Å²) >= 11 is 0. The van der Waals surface area contributed by atoms with Crippen LogP contribution in [-0.2, 0) is 0 Å². The van der Waals surface area contributed by atoms with E-state index in [4.69, 9.17) is 0 Å². The number of anilines is 3. The van der Waals surface area contributed by atoms with E-state index in [0.717, 1.165) is 37.2 Å². The molecule has 0 bridgehead atoms. The van der Waals surface area contributed by atoms with E-state index in [9.17, 15) is 9.18 Å². The number of aryl methyl sites for hydroxylation is 1. The molecule has 154 valence electrons. The van der Waals surface area contributed by atoms with E-state index in [2.05, 4.69) is 25.5 Å². The van der Waals surface area contributed by atoms with Crippen LogP contribution in [0.1, 0.15) is 28.8 Å². The van der Waals surface area contributed by atoms with Crippen LogP contribution in [0, 0.1) is 12.7 Å². The van der Waals surface area contributed by atoms with Gasteiger partial charge in [0.15, 0.2) is 0 Å². The highest BCUT2D eigenvalue weighted by atomic mass is 19.1. The highest BCUT2D eigenvalue weighted by molar-refractivity contribution is 5.94.